The van der Waals surface area contributed by atoms with E-state index in [1.165, 1.54) is 17.0 Å². The number of nitrogens with zero attached hydrogens (tertiary/aromatic N) is 1. The van der Waals surface area contributed by atoms with Gasteiger partial charge in [-0.15, -0.1) is 0 Å². The third-order valence-electron chi connectivity index (χ3n) is 4.97. The molecule has 0 unspecified atom stereocenters. The van der Waals surface area contributed by atoms with Gasteiger partial charge in [0.2, 0.25) is 5.91 Å². The highest BCUT2D eigenvalue weighted by atomic mass is 19.4. The third kappa shape index (κ3) is 5.22. The van der Waals surface area contributed by atoms with E-state index in [-0.39, 0.29) is 18.9 Å². The SMILES string of the molecule is Cc1ccc(C)c(N2C[C@H](C(=O)OCC(=O)Nc3ccccc3C(F)(F)F)CC2=O)c1. The second-order valence-electron chi connectivity index (χ2n) is 7.39. The number of hydrogen-bond acceptors (Lipinski definition) is 4. The number of carbonyl (C=O) groups excluding carboxylic acids is 3. The number of hydrogen-bond donors (Lipinski definition) is 1. The molecule has 1 aliphatic heterocycles. The molecule has 0 aromatic heterocycles. The predicted molar refractivity (Wildman–Crippen MR) is 107 cm³/mol. The Morgan fingerprint density at radius 2 is 1.87 bits per heavy atom. The van der Waals surface area contributed by atoms with Crippen molar-refractivity contribution in [3.8, 4) is 0 Å². The van der Waals surface area contributed by atoms with Crippen LogP contribution in [-0.2, 0) is 25.3 Å². The first-order valence-corrected chi connectivity index (χ1v) is 9.56. The number of nitrogens with one attached hydrogen (secondary N) is 1. The first-order chi connectivity index (χ1) is 14.6. The van der Waals surface area contributed by atoms with Gasteiger partial charge in [-0.3, -0.25) is 14.4 Å². The number of rotatable bonds is 5. The fraction of sp³-hybridized carbons (Fsp3) is 0.318. The Balaban J connectivity index is 1.59. The van der Waals surface area contributed by atoms with E-state index in [0.29, 0.717) is 5.69 Å². The molecule has 1 fully saturated rings. The zero-order chi connectivity index (χ0) is 22.8. The Morgan fingerprint density at radius 3 is 2.58 bits per heavy atom. The number of amides is 2. The molecule has 0 spiro atoms. The van der Waals surface area contributed by atoms with E-state index in [9.17, 15) is 27.6 Å². The summed E-state index contributed by atoms with van der Waals surface area (Å²) in [5, 5.41) is 2.11. The largest absolute Gasteiger partial charge is 0.455 e. The summed E-state index contributed by atoms with van der Waals surface area (Å²) in [4.78, 5) is 38.3. The van der Waals surface area contributed by atoms with Crippen molar-refractivity contribution in [1.29, 1.82) is 0 Å². The minimum absolute atomic E-state index is 0.0647. The predicted octanol–water partition coefficient (Wildman–Crippen LogP) is 3.86. The van der Waals surface area contributed by atoms with Gasteiger partial charge in [0.25, 0.3) is 5.91 Å². The standard InChI is InChI=1S/C22H21F3N2O4/c1-13-7-8-14(2)18(9-13)27-11-15(10-20(27)29)21(30)31-12-19(28)26-17-6-4-3-5-16(17)22(23,24)25/h3-9,15H,10-12H2,1-2H3,(H,26,28)/t15-/m1/s1. The van der Waals surface area contributed by atoms with Crippen LogP contribution in [0.2, 0.25) is 0 Å². The molecule has 1 N–H and O–H groups in total. The first kappa shape index (κ1) is 22.3. The summed E-state index contributed by atoms with van der Waals surface area (Å²) in [6.45, 7) is 3.11. The van der Waals surface area contributed by atoms with Crippen molar-refractivity contribution < 1.29 is 32.3 Å². The molecule has 0 saturated carbocycles. The molecule has 2 aromatic rings. The van der Waals surface area contributed by atoms with Gasteiger partial charge < -0.3 is 15.0 Å². The number of halogens is 3. The Hall–Kier alpha value is -3.36. The van der Waals surface area contributed by atoms with Crippen LogP contribution >= 0.6 is 0 Å². The van der Waals surface area contributed by atoms with Crippen LogP contribution in [0.5, 0.6) is 0 Å². The molecule has 164 valence electrons. The van der Waals surface area contributed by atoms with Crippen molar-refractivity contribution in [3.05, 3.63) is 59.2 Å². The summed E-state index contributed by atoms with van der Waals surface area (Å²) in [5.41, 5.74) is 1.14. The summed E-state index contributed by atoms with van der Waals surface area (Å²) in [7, 11) is 0. The minimum atomic E-state index is -4.64. The van der Waals surface area contributed by atoms with Crippen LogP contribution in [0.15, 0.2) is 42.5 Å². The number of ether oxygens (including phenoxy) is 1. The normalized spacial score (nSPS) is 16.4. The molecule has 1 heterocycles. The highest BCUT2D eigenvalue weighted by Crippen LogP contribution is 2.34. The zero-order valence-corrected chi connectivity index (χ0v) is 17.0. The molecular formula is C22H21F3N2O4. The van der Waals surface area contributed by atoms with Crippen LogP contribution in [-0.4, -0.2) is 30.9 Å². The average molecular weight is 434 g/mol. The quantitative estimate of drug-likeness (QED) is 0.726. The lowest BCUT2D eigenvalue weighted by Gasteiger charge is -2.19. The van der Waals surface area contributed by atoms with Gasteiger partial charge in [-0.05, 0) is 43.2 Å². The summed E-state index contributed by atoms with van der Waals surface area (Å²) in [5.74, 6) is -2.65. The molecule has 6 nitrogen and oxygen atoms in total. The lowest BCUT2D eigenvalue weighted by atomic mass is 10.1. The van der Waals surface area contributed by atoms with Gasteiger partial charge in [0.15, 0.2) is 6.61 Å². The van der Waals surface area contributed by atoms with Gasteiger partial charge in [0.1, 0.15) is 0 Å². The molecule has 1 saturated heterocycles. The number of aryl methyl sites for hydroxylation is 2. The fourth-order valence-corrected chi connectivity index (χ4v) is 3.39. The minimum Gasteiger partial charge on any atom is -0.455 e. The van der Waals surface area contributed by atoms with Crippen molar-refractivity contribution in [3.63, 3.8) is 0 Å². The van der Waals surface area contributed by atoms with Gasteiger partial charge >= 0.3 is 12.1 Å². The van der Waals surface area contributed by atoms with Crippen LogP contribution in [0.25, 0.3) is 0 Å². The topological polar surface area (TPSA) is 75.7 Å². The number of benzene rings is 2. The number of anilines is 2. The van der Waals surface area contributed by atoms with Crippen LogP contribution in [0, 0.1) is 19.8 Å². The van der Waals surface area contributed by atoms with Crippen LogP contribution in [0.4, 0.5) is 24.5 Å². The summed E-state index contributed by atoms with van der Waals surface area (Å²) in [6.07, 6.45) is -4.70. The maximum absolute atomic E-state index is 13.0. The second kappa shape index (κ2) is 8.79. The lowest BCUT2D eigenvalue weighted by Crippen LogP contribution is -2.29. The molecule has 3 rings (SSSR count). The van der Waals surface area contributed by atoms with E-state index in [1.807, 2.05) is 32.0 Å². The Labute approximate surface area is 177 Å². The number of carbonyl (C=O) groups is 3. The third-order valence-corrected chi connectivity index (χ3v) is 4.97. The van der Waals surface area contributed by atoms with Crippen molar-refractivity contribution in [1.82, 2.24) is 0 Å². The zero-order valence-electron chi connectivity index (χ0n) is 17.0. The molecule has 0 bridgehead atoms. The van der Waals surface area contributed by atoms with Gasteiger partial charge in [0.05, 0.1) is 17.2 Å². The number of para-hydroxylation sites is 1. The maximum atomic E-state index is 13.0. The Kier molecular flexibility index (Phi) is 6.33. The molecule has 2 aromatic carbocycles. The maximum Gasteiger partial charge on any atom is 0.418 e. The van der Waals surface area contributed by atoms with Crippen molar-refractivity contribution in [2.45, 2.75) is 26.4 Å². The molecule has 1 atom stereocenters. The molecular weight excluding hydrogens is 413 g/mol. The smallest absolute Gasteiger partial charge is 0.418 e. The van der Waals surface area contributed by atoms with Gasteiger partial charge in [-0.1, -0.05) is 24.3 Å². The van der Waals surface area contributed by atoms with Crippen molar-refractivity contribution in [2.75, 3.05) is 23.4 Å². The fourth-order valence-electron chi connectivity index (χ4n) is 3.39. The molecule has 2 amide bonds. The second-order valence-corrected chi connectivity index (χ2v) is 7.39. The molecule has 31 heavy (non-hydrogen) atoms. The molecule has 1 aliphatic rings. The Bertz CT molecular complexity index is 1020. The van der Waals surface area contributed by atoms with Crippen molar-refractivity contribution in [2.24, 2.45) is 5.92 Å². The van der Waals surface area contributed by atoms with Crippen molar-refractivity contribution >= 4 is 29.2 Å². The van der Waals surface area contributed by atoms with E-state index in [2.05, 4.69) is 5.32 Å². The summed E-state index contributed by atoms with van der Waals surface area (Å²) < 4.78 is 44.0. The molecule has 0 aliphatic carbocycles. The summed E-state index contributed by atoms with van der Waals surface area (Å²) in [6, 6.07) is 10.2. The van der Waals surface area contributed by atoms with Crippen LogP contribution in [0.3, 0.4) is 0 Å². The van der Waals surface area contributed by atoms with E-state index in [1.54, 1.807) is 0 Å². The first-order valence-electron chi connectivity index (χ1n) is 9.56. The highest BCUT2D eigenvalue weighted by Gasteiger charge is 2.37. The van der Waals surface area contributed by atoms with Gasteiger partial charge in [0, 0.05) is 18.7 Å². The van der Waals surface area contributed by atoms with Gasteiger partial charge in [-0.25, -0.2) is 0 Å². The Morgan fingerprint density at radius 1 is 1.16 bits per heavy atom. The van der Waals surface area contributed by atoms with E-state index in [4.69, 9.17) is 4.74 Å². The molecule has 9 heteroatoms. The lowest BCUT2D eigenvalue weighted by molar-refractivity contribution is -0.151. The number of esters is 1. The summed E-state index contributed by atoms with van der Waals surface area (Å²) >= 11 is 0. The number of alkyl halides is 3. The average Bonchev–Trinajstić information content (AvgIpc) is 3.09. The highest BCUT2D eigenvalue weighted by molar-refractivity contribution is 6.00. The van der Waals surface area contributed by atoms with Gasteiger partial charge in [-0.2, -0.15) is 13.2 Å². The van der Waals surface area contributed by atoms with E-state index in [0.717, 1.165) is 23.3 Å². The van der Waals surface area contributed by atoms with E-state index >= 15 is 0 Å². The van der Waals surface area contributed by atoms with Crippen LogP contribution in [0.1, 0.15) is 23.1 Å². The monoisotopic (exact) mass is 434 g/mol. The molecule has 0 radical (unpaired) electrons. The van der Waals surface area contributed by atoms with Crippen LogP contribution < -0.4 is 10.2 Å². The van der Waals surface area contributed by atoms with E-state index < -0.39 is 41.8 Å².